The van der Waals surface area contributed by atoms with Gasteiger partial charge in [-0.1, -0.05) is 173 Å². The van der Waals surface area contributed by atoms with E-state index < -0.39 is 5.97 Å². The Morgan fingerprint density at radius 3 is 1.46 bits per heavy atom. The molecule has 0 bridgehead atoms. The number of amides is 1. The highest BCUT2D eigenvalue weighted by Crippen LogP contribution is 2.19. The summed E-state index contributed by atoms with van der Waals surface area (Å²) in [6.07, 6.45) is 47.3. The number of esters is 1. The number of carboxylic acids is 1. The number of carboxylic acid groups (broad SMARTS) is 1. The zero-order valence-electron chi connectivity index (χ0n) is 33.0. The predicted octanol–water partition coefficient (Wildman–Crippen LogP) is 13.1. The van der Waals surface area contributed by atoms with Crippen molar-refractivity contribution in [3.8, 4) is 0 Å². The molecular formula is C44H81NO5. The maximum atomic E-state index is 12.7. The lowest BCUT2D eigenvalue weighted by Gasteiger charge is -2.18. The first-order chi connectivity index (χ1) is 24.5. The topological polar surface area (TPSA) is 92.7 Å². The van der Waals surface area contributed by atoms with E-state index in [1.165, 1.54) is 122 Å². The molecule has 0 aliphatic rings. The van der Waals surface area contributed by atoms with E-state index >= 15 is 0 Å². The Morgan fingerprint density at radius 1 is 0.520 bits per heavy atom. The van der Waals surface area contributed by atoms with Crippen LogP contribution in [0.1, 0.15) is 226 Å². The van der Waals surface area contributed by atoms with E-state index in [2.05, 4.69) is 43.5 Å². The molecule has 0 radical (unpaired) electrons. The lowest BCUT2D eigenvalue weighted by Crippen LogP contribution is -2.28. The largest absolute Gasteiger partial charge is 0.480 e. The lowest BCUT2D eigenvalue weighted by molar-refractivity contribution is -0.150. The van der Waals surface area contributed by atoms with Crippen molar-refractivity contribution in [2.45, 2.75) is 232 Å². The van der Waals surface area contributed by atoms with Gasteiger partial charge in [0.15, 0.2) is 0 Å². The second-order valence-electron chi connectivity index (χ2n) is 14.6. The van der Waals surface area contributed by atoms with Crippen molar-refractivity contribution in [2.75, 3.05) is 6.54 Å². The van der Waals surface area contributed by atoms with Crippen molar-refractivity contribution in [3.05, 3.63) is 24.3 Å². The summed E-state index contributed by atoms with van der Waals surface area (Å²) in [5.74, 6) is -1.23. The third-order valence-electron chi connectivity index (χ3n) is 9.61. The number of carbonyl (C=O) groups is 3. The summed E-state index contributed by atoms with van der Waals surface area (Å²) >= 11 is 0. The molecule has 1 unspecified atom stereocenters. The Balaban J connectivity index is 4.18. The average Bonchev–Trinajstić information content (AvgIpc) is 3.10. The molecule has 2 N–H and O–H groups in total. The van der Waals surface area contributed by atoms with Gasteiger partial charge >= 0.3 is 11.9 Å². The molecule has 0 aromatic heterocycles. The highest BCUT2D eigenvalue weighted by molar-refractivity contribution is 5.80. The van der Waals surface area contributed by atoms with Gasteiger partial charge in [0.1, 0.15) is 12.6 Å². The van der Waals surface area contributed by atoms with Crippen LogP contribution < -0.4 is 5.32 Å². The summed E-state index contributed by atoms with van der Waals surface area (Å²) in [6.45, 7) is 4.17. The number of hydrogen-bond donors (Lipinski definition) is 2. The maximum Gasteiger partial charge on any atom is 0.322 e. The molecule has 1 atom stereocenters. The monoisotopic (exact) mass is 704 g/mol. The number of ether oxygens (including phenoxy) is 1. The summed E-state index contributed by atoms with van der Waals surface area (Å²) in [6, 6.07) is 0. The molecule has 0 spiro atoms. The summed E-state index contributed by atoms with van der Waals surface area (Å²) in [4.78, 5) is 35.0. The minimum absolute atomic E-state index is 0.0230. The molecule has 0 fully saturated rings. The van der Waals surface area contributed by atoms with E-state index in [0.717, 1.165) is 77.0 Å². The quantitative estimate of drug-likeness (QED) is 0.0378. The van der Waals surface area contributed by atoms with E-state index in [1.54, 1.807) is 0 Å². The third kappa shape index (κ3) is 38.7. The van der Waals surface area contributed by atoms with Gasteiger partial charge in [-0.3, -0.25) is 14.4 Å². The van der Waals surface area contributed by atoms with Crippen molar-refractivity contribution in [3.63, 3.8) is 0 Å². The van der Waals surface area contributed by atoms with E-state index in [1.807, 2.05) is 0 Å². The Hall–Kier alpha value is -2.11. The lowest BCUT2D eigenvalue weighted by atomic mass is 10.0. The highest BCUT2D eigenvalue weighted by Gasteiger charge is 2.14. The summed E-state index contributed by atoms with van der Waals surface area (Å²) in [5.41, 5.74) is 0. The van der Waals surface area contributed by atoms with Crippen LogP contribution in [0, 0.1) is 0 Å². The van der Waals surface area contributed by atoms with Gasteiger partial charge in [0, 0.05) is 12.8 Å². The van der Waals surface area contributed by atoms with Crippen LogP contribution in [0.4, 0.5) is 0 Å². The average molecular weight is 704 g/mol. The summed E-state index contributed by atoms with van der Waals surface area (Å²) < 4.78 is 6.03. The van der Waals surface area contributed by atoms with Crippen molar-refractivity contribution < 1.29 is 24.2 Å². The second kappa shape index (κ2) is 39.7. The summed E-state index contributed by atoms with van der Waals surface area (Å²) in [5, 5.41) is 11.1. The molecule has 0 saturated heterocycles. The number of aliphatic carboxylic acids is 1. The minimum atomic E-state index is -1.02. The number of nitrogens with one attached hydrogen (secondary N) is 1. The van der Waals surface area contributed by atoms with Gasteiger partial charge in [0.2, 0.25) is 5.91 Å². The minimum Gasteiger partial charge on any atom is -0.480 e. The molecule has 6 nitrogen and oxygen atoms in total. The molecule has 50 heavy (non-hydrogen) atoms. The first-order valence-electron chi connectivity index (χ1n) is 21.5. The van der Waals surface area contributed by atoms with Gasteiger partial charge < -0.3 is 15.2 Å². The Bertz CT molecular complexity index is 823. The fourth-order valence-corrected chi connectivity index (χ4v) is 6.44. The SMILES string of the molecule is CCC/C=C\C/C=C\CCCCCCCC(=O)OC(CCCCCCCCCCCCCCCCC)CCCCCCCC(=O)NCC(=O)O. The molecule has 6 heteroatoms. The Kier molecular flexibility index (Phi) is 38.0. The Morgan fingerprint density at radius 2 is 0.960 bits per heavy atom. The standard InChI is InChI=1S/C44H81NO5/c1-3-5-7-9-11-13-15-17-18-20-21-23-25-28-32-36-41(37-33-29-27-30-34-38-42(46)45-40-43(47)48)50-44(49)39-35-31-26-24-22-19-16-14-12-10-8-6-4-2/h8,10,14,16,41H,3-7,9,11-13,15,17-40H2,1-2H3,(H,45,46)(H,47,48)/b10-8-,16-14-. The van der Waals surface area contributed by atoms with Crippen molar-refractivity contribution in [1.82, 2.24) is 5.32 Å². The van der Waals surface area contributed by atoms with Gasteiger partial charge in [-0.2, -0.15) is 0 Å². The zero-order chi connectivity index (χ0) is 36.6. The fraction of sp³-hybridized carbons (Fsp3) is 0.841. The predicted molar refractivity (Wildman–Crippen MR) is 213 cm³/mol. The number of hydrogen-bond acceptors (Lipinski definition) is 4. The van der Waals surface area contributed by atoms with Crippen LogP contribution in [-0.2, 0) is 19.1 Å². The number of allylic oxidation sites excluding steroid dienone is 4. The number of unbranched alkanes of at least 4 members (excludes halogenated alkanes) is 24. The van der Waals surface area contributed by atoms with Gasteiger partial charge in [-0.25, -0.2) is 0 Å². The van der Waals surface area contributed by atoms with Crippen LogP contribution in [0.25, 0.3) is 0 Å². The van der Waals surface area contributed by atoms with Crippen LogP contribution in [0.15, 0.2) is 24.3 Å². The van der Waals surface area contributed by atoms with Gasteiger partial charge in [0.25, 0.3) is 0 Å². The maximum absolute atomic E-state index is 12.7. The second-order valence-corrected chi connectivity index (χ2v) is 14.6. The number of carbonyl (C=O) groups excluding carboxylic acids is 2. The normalized spacial score (nSPS) is 12.2. The molecule has 0 aromatic carbocycles. The van der Waals surface area contributed by atoms with E-state index in [4.69, 9.17) is 9.84 Å². The zero-order valence-corrected chi connectivity index (χ0v) is 33.0. The highest BCUT2D eigenvalue weighted by atomic mass is 16.5. The molecule has 0 heterocycles. The molecular weight excluding hydrogens is 622 g/mol. The molecule has 0 aliphatic heterocycles. The molecule has 0 aliphatic carbocycles. The van der Waals surface area contributed by atoms with Crippen molar-refractivity contribution in [2.24, 2.45) is 0 Å². The van der Waals surface area contributed by atoms with Crippen molar-refractivity contribution in [1.29, 1.82) is 0 Å². The number of rotatable bonds is 39. The molecule has 1 amide bonds. The van der Waals surface area contributed by atoms with Gasteiger partial charge in [-0.05, 0) is 64.2 Å². The molecule has 0 aromatic rings. The molecule has 0 rings (SSSR count). The van der Waals surface area contributed by atoms with E-state index in [-0.39, 0.29) is 24.5 Å². The van der Waals surface area contributed by atoms with Crippen LogP contribution in [0.5, 0.6) is 0 Å². The van der Waals surface area contributed by atoms with Crippen LogP contribution in [-0.4, -0.2) is 35.6 Å². The van der Waals surface area contributed by atoms with E-state index in [9.17, 15) is 14.4 Å². The van der Waals surface area contributed by atoms with Crippen molar-refractivity contribution >= 4 is 17.8 Å². The van der Waals surface area contributed by atoms with Crippen LogP contribution in [0.3, 0.4) is 0 Å². The third-order valence-corrected chi connectivity index (χ3v) is 9.61. The summed E-state index contributed by atoms with van der Waals surface area (Å²) in [7, 11) is 0. The van der Waals surface area contributed by atoms with Crippen LogP contribution in [0.2, 0.25) is 0 Å². The molecule has 0 saturated carbocycles. The van der Waals surface area contributed by atoms with Gasteiger partial charge in [0.05, 0.1) is 0 Å². The van der Waals surface area contributed by atoms with Gasteiger partial charge in [-0.15, -0.1) is 0 Å². The fourth-order valence-electron chi connectivity index (χ4n) is 6.44. The van der Waals surface area contributed by atoms with Crippen LogP contribution >= 0.6 is 0 Å². The smallest absolute Gasteiger partial charge is 0.322 e. The molecule has 292 valence electrons. The first kappa shape index (κ1) is 47.9. The Labute approximate surface area is 309 Å². The first-order valence-corrected chi connectivity index (χ1v) is 21.5. The van der Waals surface area contributed by atoms with E-state index in [0.29, 0.717) is 12.8 Å².